The second kappa shape index (κ2) is 5.29. The van der Waals surface area contributed by atoms with E-state index in [2.05, 4.69) is 20.7 Å². The summed E-state index contributed by atoms with van der Waals surface area (Å²) in [6.45, 7) is 4.15. The summed E-state index contributed by atoms with van der Waals surface area (Å²) in [7, 11) is 1.88. The highest BCUT2D eigenvalue weighted by Gasteiger charge is 2.04. The topological polar surface area (TPSA) is 60.6 Å². The molecular formula is C10H15ClN6. The van der Waals surface area contributed by atoms with Gasteiger partial charge in [0.25, 0.3) is 0 Å². The van der Waals surface area contributed by atoms with Crippen LogP contribution in [0, 0.1) is 6.92 Å². The lowest BCUT2D eigenvalue weighted by molar-refractivity contribution is 0.483. The van der Waals surface area contributed by atoms with Gasteiger partial charge in [-0.05, 0) is 14.0 Å². The molecule has 0 spiro atoms. The van der Waals surface area contributed by atoms with Gasteiger partial charge in [-0.2, -0.15) is 5.10 Å². The van der Waals surface area contributed by atoms with Crippen molar-refractivity contribution in [2.24, 2.45) is 0 Å². The number of aromatic nitrogens is 5. The normalized spacial score (nSPS) is 11.0. The monoisotopic (exact) mass is 254 g/mol. The van der Waals surface area contributed by atoms with Crippen molar-refractivity contribution in [1.82, 2.24) is 30.1 Å². The smallest absolute Gasteiger partial charge is 0.0964 e. The third kappa shape index (κ3) is 2.83. The maximum Gasteiger partial charge on any atom is 0.0964 e. The second-order valence-corrected chi connectivity index (χ2v) is 4.21. The average Bonchev–Trinajstić information content (AvgIpc) is 2.87. The third-order valence-corrected chi connectivity index (χ3v) is 2.90. The van der Waals surface area contributed by atoms with Crippen molar-refractivity contribution in [2.75, 3.05) is 7.05 Å². The van der Waals surface area contributed by atoms with Crippen LogP contribution < -0.4 is 5.32 Å². The van der Waals surface area contributed by atoms with Crippen LogP contribution in [0.1, 0.15) is 11.4 Å². The van der Waals surface area contributed by atoms with E-state index in [0.29, 0.717) is 5.02 Å². The van der Waals surface area contributed by atoms with Crippen molar-refractivity contribution >= 4 is 11.6 Å². The number of nitrogens with one attached hydrogen (secondary N) is 1. The van der Waals surface area contributed by atoms with Crippen molar-refractivity contribution in [3.05, 3.63) is 28.8 Å². The van der Waals surface area contributed by atoms with E-state index in [1.165, 1.54) is 0 Å². The van der Waals surface area contributed by atoms with E-state index < -0.39 is 0 Å². The van der Waals surface area contributed by atoms with Crippen LogP contribution in [-0.2, 0) is 19.6 Å². The van der Waals surface area contributed by atoms with Gasteiger partial charge in [-0.15, -0.1) is 5.10 Å². The highest BCUT2D eigenvalue weighted by molar-refractivity contribution is 6.31. The van der Waals surface area contributed by atoms with Crippen LogP contribution >= 0.6 is 11.6 Å². The fourth-order valence-corrected chi connectivity index (χ4v) is 1.70. The molecule has 0 fully saturated rings. The van der Waals surface area contributed by atoms with Crippen molar-refractivity contribution in [3.8, 4) is 0 Å². The molecule has 0 aliphatic heterocycles. The molecule has 92 valence electrons. The van der Waals surface area contributed by atoms with Gasteiger partial charge in [-0.25, -0.2) is 0 Å². The third-order valence-electron chi connectivity index (χ3n) is 2.53. The first-order valence-electron chi connectivity index (χ1n) is 5.42. The SMILES string of the molecule is CNCc1cn(CCn2ncc(Cl)c2C)nn1. The number of aryl methyl sites for hydroxylation is 2. The minimum atomic E-state index is 0.694. The molecule has 2 aromatic rings. The lowest BCUT2D eigenvalue weighted by Crippen LogP contribution is -2.10. The average molecular weight is 255 g/mol. The lowest BCUT2D eigenvalue weighted by Gasteiger charge is -2.03. The van der Waals surface area contributed by atoms with E-state index in [4.69, 9.17) is 11.6 Å². The molecule has 6 nitrogen and oxygen atoms in total. The molecule has 2 heterocycles. The molecule has 2 rings (SSSR count). The van der Waals surface area contributed by atoms with Gasteiger partial charge in [0.05, 0.1) is 35.7 Å². The molecule has 0 bridgehead atoms. The Kier molecular flexibility index (Phi) is 3.75. The summed E-state index contributed by atoms with van der Waals surface area (Å²) >= 11 is 5.93. The molecule has 0 atom stereocenters. The Balaban J connectivity index is 1.95. The molecule has 0 saturated carbocycles. The quantitative estimate of drug-likeness (QED) is 0.860. The summed E-state index contributed by atoms with van der Waals surface area (Å²) in [5, 5.41) is 16.0. The van der Waals surface area contributed by atoms with Crippen LogP contribution in [0.3, 0.4) is 0 Å². The maximum atomic E-state index is 5.93. The zero-order valence-corrected chi connectivity index (χ0v) is 10.6. The van der Waals surface area contributed by atoms with Gasteiger partial charge in [0.15, 0.2) is 0 Å². The van der Waals surface area contributed by atoms with Crippen molar-refractivity contribution in [2.45, 2.75) is 26.6 Å². The van der Waals surface area contributed by atoms with E-state index in [0.717, 1.165) is 31.0 Å². The van der Waals surface area contributed by atoms with Crippen LogP contribution in [0.4, 0.5) is 0 Å². The van der Waals surface area contributed by atoms with E-state index >= 15 is 0 Å². The summed E-state index contributed by atoms with van der Waals surface area (Å²) in [4.78, 5) is 0. The number of rotatable bonds is 5. The number of halogens is 1. The molecule has 0 amide bonds. The van der Waals surface area contributed by atoms with Gasteiger partial charge in [0, 0.05) is 12.7 Å². The molecule has 0 aliphatic carbocycles. The number of nitrogens with zero attached hydrogens (tertiary/aromatic N) is 5. The van der Waals surface area contributed by atoms with E-state index in [-0.39, 0.29) is 0 Å². The van der Waals surface area contributed by atoms with Crippen molar-refractivity contribution in [1.29, 1.82) is 0 Å². The van der Waals surface area contributed by atoms with E-state index in [9.17, 15) is 0 Å². The first-order chi connectivity index (χ1) is 8.20. The predicted molar refractivity (Wildman–Crippen MR) is 64.8 cm³/mol. The molecule has 17 heavy (non-hydrogen) atoms. The molecule has 0 aliphatic rings. The van der Waals surface area contributed by atoms with Gasteiger partial charge in [0.2, 0.25) is 0 Å². The molecule has 0 unspecified atom stereocenters. The number of hydrogen-bond acceptors (Lipinski definition) is 4. The minimum Gasteiger partial charge on any atom is -0.314 e. The van der Waals surface area contributed by atoms with Gasteiger partial charge in [-0.3, -0.25) is 9.36 Å². The maximum absolute atomic E-state index is 5.93. The zero-order valence-electron chi connectivity index (χ0n) is 9.89. The molecule has 0 saturated heterocycles. The van der Waals surface area contributed by atoms with Gasteiger partial charge in [0.1, 0.15) is 0 Å². The summed E-state index contributed by atoms with van der Waals surface area (Å²) in [6.07, 6.45) is 3.58. The summed E-state index contributed by atoms with van der Waals surface area (Å²) in [5.74, 6) is 0. The van der Waals surface area contributed by atoms with Crippen LogP contribution in [0.25, 0.3) is 0 Å². The first kappa shape index (κ1) is 12.1. The fraction of sp³-hybridized carbons (Fsp3) is 0.500. The molecule has 0 radical (unpaired) electrons. The van der Waals surface area contributed by atoms with Gasteiger partial charge < -0.3 is 5.32 Å². The van der Waals surface area contributed by atoms with Gasteiger partial charge >= 0.3 is 0 Å². The Morgan fingerprint density at radius 1 is 1.41 bits per heavy atom. The molecular weight excluding hydrogens is 240 g/mol. The van der Waals surface area contributed by atoms with Crippen molar-refractivity contribution in [3.63, 3.8) is 0 Å². The summed E-state index contributed by atoms with van der Waals surface area (Å²) in [6, 6.07) is 0. The fourth-order valence-electron chi connectivity index (χ4n) is 1.56. The molecule has 2 aromatic heterocycles. The molecule has 1 N–H and O–H groups in total. The molecule has 7 heteroatoms. The molecule has 0 aromatic carbocycles. The van der Waals surface area contributed by atoms with Gasteiger partial charge in [-0.1, -0.05) is 16.8 Å². The van der Waals surface area contributed by atoms with Crippen LogP contribution in [0.15, 0.2) is 12.4 Å². The Morgan fingerprint density at radius 3 is 2.88 bits per heavy atom. The number of hydrogen-bond donors (Lipinski definition) is 1. The van der Waals surface area contributed by atoms with E-state index in [1.807, 2.05) is 29.5 Å². The standard InChI is InChI=1S/C10H15ClN6/c1-8-10(11)6-13-17(8)4-3-16-7-9(5-12-2)14-15-16/h6-7,12H,3-5H2,1-2H3. The summed E-state index contributed by atoms with van der Waals surface area (Å²) in [5.41, 5.74) is 1.91. The van der Waals surface area contributed by atoms with Crippen LogP contribution in [0.5, 0.6) is 0 Å². The Morgan fingerprint density at radius 2 is 2.24 bits per heavy atom. The van der Waals surface area contributed by atoms with E-state index in [1.54, 1.807) is 6.20 Å². The zero-order chi connectivity index (χ0) is 12.3. The Bertz CT molecular complexity index is 489. The highest BCUT2D eigenvalue weighted by Crippen LogP contribution is 2.12. The largest absolute Gasteiger partial charge is 0.314 e. The van der Waals surface area contributed by atoms with Crippen LogP contribution in [-0.4, -0.2) is 31.8 Å². The van der Waals surface area contributed by atoms with Crippen molar-refractivity contribution < 1.29 is 0 Å². The predicted octanol–water partition coefficient (Wildman–Crippen LogP) is 0.856. The van der Waals surface area contributed by atoms with Crippen LogP contribution in [0.2, 0.25) is 5.02 Å². The first-order valence-corrected chi connectivity index (χ1v) is 5.80. The summed E-state index contributed by atoms with van der Waals surface area (Å²) < 4.78 is 3.67. The minimum absolute atomic E-state index is 0.694. The highest BCUT2D eigenvalue weighted by atomic mass is 35.5. The Labute approximate surface area is 105 Å². The second-order valence-electron chi connectivity index (χ2n) is 3.80. The lowest BCUT2D eigenvalue weighted by atomic mass is 10.4. The Hall–Kier alpha value is -1.40.